The first-order valence-corrected chi connectivity index (χ1v) is 17.8. The number of hydrogen-bond acceptors (Lipinski definition) is 16. The minimum absolute atomic E-state index is 0.0969. The Bertz CT molecular complexity index is 1830. The summed E-state index contributed by atoms with van der Waals surface area (Å²) in [6.07, 6.45) is -3.98. The van der Waals surface area contributed by atoms with Crippen LogP contribution in [-0.4, -0.2) is 107 Å². The van der Waals surface area contributed by atoms with Crippen molar-refractivity contribution in [3.8, 4) is 0 Å². The molecule has 3 saturated heterocycles. The number of nitrogens with zero attached hydrogens (tertiary/aromatic N) is 8. The molecule has 4 aromatic rings. The Morgan fingerprint density at radius 2 is 1.43 bits per heavy atom. The molecule has 18 nitrogen and oxygen atoms in total. The maximum atomic E-state index is 16.1. The molecule has 0 aliphatic carbocycles. The highest BCUT2D eigenvalue weighted by Gasteiger charge is 2.53. The lowest BCUT2D eigenvalue weighted by Gasteiger charge is -2.27. The van der Waals surface area contributed by atoms with E-state index in [-0.39, 0.29) is 35.6 Å². The summed E-state index contributed by atoms with van der Waals surface area (Å²) in [5.74, 6) is -0.565. The molecule has 7 heterocycles. The second-order valence-corrected chi connectivity index (χ2v) is 15.7. The van der Waals surface area contributed by atoms with Crippen molar-refractivity contribution in [3.63, 3.8) is 0 Å². The largest absolute Gasteiger partial charge is 0.390 e. The normalized spacial score (nSPS) is 38.3. The number of nitrogens with two attached hydrogens (primary N) is 2. The number of rotatable bonds is 2. The number of aliphatic hydroxyl groups is 1. The molecule has 44 heavy (non-hydrogen) atoms. The molecule has 236 valence electrons. The molecule has 21 heteroatoms. The van der Waals surface area contributed by atoms with E-state index in [9.17, 15) is 14.2 Å². The topological polar surface area (TPSA) is 240 Å². The lowest BCUT2D eigenvalue weighted by Crippen LogP contribution is -2.34. The molecule has 7 rings (SSSR count). The van der Waals surface area contributed by atoms with Gasteiger partial charge in [0.05, 0.1) is 32.0 Å². The van der Waals surface area contributed by atoms with Crippen LogP contribution in [0, 0.1) is 5.92 Å². The Kier molecular flexibility index (Phi) is 7.21. The summed E-state index contributed by atoms with van der Waals surface area (Å²) < 4.78 is 75.7. The molecular formula is C23H29FN10O8P2. The SMILES string of the molecule is CP1(=O)C[C@@H]2[C@H](O)[C@@H](COP(C)(=O)O[C@H]3[C@@H](F)[C@H](n4cnc5c(N)ncnc54)O[C@@H]3CO1)O[C@H]2n1cnc2c(N)ncnc21. The van der Waals surface area contributed by atoms with Gasteiger partial charge in [0.25, 0.3) is 0 Å². The number of alkyl halides is 1. The number of ether oxygens (including phenoxy) is 2. The fraction of sp³-hybridized carbons (Fsp3) is 0.565. The highest BCUT2D eigenvalue weighted by molar-refractivity contribution is 7.58. The van der Waals surface area contributed by atoms with Gasteiger partial charge in [0, 0.05) is 25.4 Å². The summed E-state index contributed by atoms with van der Waals surface area (Å²) in [4.78, 5) is 24.6. The third kappa shape index (κ3) is 5.06. The monoisotopic (exact) mass is 654 g/mol. The number of nitrogen functional groups attached to an aromatic ring is 2. The van der Waals surface area contributed by atoms with Gasteiger partial charge in [0.15, 0.2) is 35.3 Å². The lowest BCUT2D eigenvalue weighted by atomic mass is 10.0. The first-order chi connectivity index (χ1) is 20.9. The third-order valence-electron chi connectivity index (χ3n) is 7.93. The number of fused-ring (bicyclic) bond motifs is 5. The van der Waals surface area contributed by atoms with Crippen molar-refractivity contribution in [1.29, 1.82) is 0 Å². The number of hydrogen-bond donors (Lipinski definition) is 3. The van der Waals surface area contributed by atoms with Crippen LogP contribution in [0.5, 0.6) is 0 Å². The van der Waals surface area contributed by atoms with Crippen LogP contribution < -0.4 is 11.5 Å². The van der Waals surface area contributed by atoms with Gasteiger partial charge in [-0.25, -0.2) is 34.3 Å². The zero-order chi connectivity index (χ0) is 31.0. The molecule has 0 spiro atoms. The number of anilines is 2. The van der Waals surface area contributed by atoms with Crippen LogP contribution >= 0.6 is 15.0 Å². The van der Waals surface area contributed by atoms with Crippen LogP contribution in [0.4, 0.5) is 16.0 Å². The fourth-order valence-electron chi connectivity index (χ4n) is 5.83. The molecule has 2 bridgehead atoms. The molecule has 2 unspecified atom stereocenters. The van der Waals surface area contributed by atoms with Crippen molar-refractivity contribution in [2.45, 2.75) is 43.0 Å². The molecule has 10 atom stereocenters. The molecule has 4 aromatic heterocycles. The Hall–Kier alpha value is -3.15. The van der Waals surface area contributed by atoms with Gasteiger partial charge < -0.3 is 35.1 Å². The Morgan fingerprint density at radius 3 is 2.07 bits per heavy atom. The quantitative estimate of drug-likeness (QED) is 0.256. The zero-order valence-corrected chi connectivity index (χ0v) is 25.1. The molecule has 0 amide bonds. The summed E-state index contributed by atoms with van der Waals surface area (Å²) in [7, 11) is -7.52. The lowest BCUT2D eigenvalue weighted by molar-refractivity contribution is -0.0494. The second kappa shape index (κ2) is 10.7. The van der Waals surface area contributed by atoms with E-state index in [1.54, 1.807) is 4.57 Å². The summed E-state index contributed by atoms with van der Waals surface area (Å²) in [5.41, 5.74) is 12.9. The predicted octanol–water partition coefficient (Wildman–Crippen LogP) is 1.10. The van der Waals surface area contributed by atoms with Crippen molar-refractivity contribution in [1.82, 2.24) is 39.0 Å². The molecule has 3 fully saturated rings. The Labute approximate surface area is 248 Å². The Balaban J connectivity index is 1.20. The standard InChI is InChI=1S/C23H29FN10O8P2/c1-43(36)5-10-16(35)11(40-22(10)33-8-31-14-18(25)27-6-29-20(14)33)3-39-44(2,37)42-17-12(4-38-43)41-23(13(17)24)34-9-32-15-19(26)28-7-30-21(15)34/h6-13,16-17,22-23,35H,3-5H2,1-2H3,(H2,25,27,29)(H2,26,28,30)/t10-,11-,12-,13-,16+,17-,22-,23-,43?,44?/m1/s1. The van der Waals surface area contributed by atoms with Gasteiger partial charge in [-0.3, -0.25) is 22.8 Å². The van der Waals surface area contributed by atoms with Crippen LogP contribution in [0.1, 0.15) is 12.5 Å². The minimum atomic E-state index is -4.00. The van der Waals surface area contributed by atoms with E-state index < -0.39 is 70.5 Å². The van der Waals surface area contributed by atoms with Gasteiger partial charge in [-0.2, -0.15) is 0 Å². The maximum absolute atomic E-state index is 16.1. The summed E-state index contributed by atoms with van der Waals surface area (Å²) >= 11 is 0. The van der Waals surface area contributed by atoms with Crippen molar-refractivity contribution in [3.05, 3.63) is 25.3 Å². The third-order valence-corrected chi connectivity index (χ3v) is 11.0. The zero-order valence-electron chi connectivity index (χ0n) is 23.4. The highest BCUT2D eigenvalue weighted by Crippen LogP contribution is 2.54. The summed E-state index contributed by atoms with van der Waals surface area (Å²) in [6, 6.07) is 0. The van der Waals surface area contributed by atoms with Gasteiger partial charge >= 0.3 is 7.60 Å². The number of imidazole rings is 2. The van der Waals surface area contributed by atoms with Crippen molar-refractivity contribution < 1.29 is 41.7 Å². The smallest absolute Gasteiger partial charge is 0.328 e. The molecule has 0 aromatic carbocycles. The summed E-state index contributed by atoms with van der Waals surface area (Å²) in [6.45, 7) is 1.79. The van der Waals surface area contributed by atoms with Crippen molar-refractivity contribution >= 4 is 48.9 Å². The van der Waals surface area contributed by atoms with Crippen LogP contribution in [0.2, 0.25) is 0 Å². The molecule has 0 radical (unpaired) electrons. The average Bonchev–Trinajstić information content (AvgIpc) is 3.73. The average molecular weight is 654 g/mol. The molecule has 5 N–H and O–H groups in total. The fourth-order valence-corrected chi connectivity index (χ4v) is 8.73. The number of halogens is 1. The van der Waals surface area contributed by atoms with E-state index in [2.05, 4.69) is 29.9 Å². The van der Waals surface area contributed by atoms with Gasteiger partial charge in [0.1, 0.15) is 48.2 Å². The Morgan fingerprint density at radius 1 is 0.864 bits per heavy atom. The van der Waals surface area contributed by atoms with Gasteiger partial charge in [0.2, 0.25) is 7.37 Å². The van der Waals surface area contributed by atoms with Crippen LogP contribution in [-0.2, 0) is 32.2 Å². The van der Waals surface area contributed by atoms with Crippen molar-refractivity contribution in [2.75, 3.05) is 44.2 Å². The minimum Gasteiger partial charge on any atom is -0.390 e. The molecular weight excluding hydrogens is 625 g/mol. The van der Waals surface area contributed by atoms with Gasteiger partial charge in [-0.15, -0.1) is 0 Å². The van der Waals surface area contributed by atoms with Crippen LogP contribution in [0.15, 0.2) is 25.3 Å². The van der Waals surface area contributed by atoms with E-state index in [0.717, 1.165) is 0 Å². The van der Waals surface area contributed by atoms with Crippen molar-refractivity contribution in [2.24, 2.45) is 5.92 Å². The van der Waals surface area contributed by atoms with E-state index in [1.807, 2.05) is 0 Å². The second-order valence-electron chi connectivity index (χ2n) is 11.0. The predicted molar refractivity (Wildman–Crippen MR) is 150 cm³/mol. The molecule has 3 aliphatic rings. The molecule has 0 saturated carbocycles. The van der Waals surface area contributed by atoms with E-state index in [0.29, 0.717) is 11.2 Å². The summed E-state index contributed by atoms with van der Waals surface area (Å²) in [5, 5.41) is 11.3. The molecule has 3 aliphatic heterocycles. The first kappa shape index (κ1) is 29.6. The van der Waals surface area contributed by atoms with Gasteiger partial charge in [-0.05, 0) is 0 Å². The van der Waals surface area contributed by atoms with E-state index >= 15 is 4.39 Å². The van der Waals surface area contributed by atoms with Crippen LogP contribution in [0.25, 0.3) is 22.3 Å². The van der Waals surface area contributed by atoms with Gasteiger partial charge in [-0.1, -0.05) is 0 Å². The van der Waals surface area contributed by atoms with E-state index in [4.69, 9.17) is 34.5 Å². The number of aromatic nitrogens is 8. The maximum Gasteiger partial charge on any atom is 0.328 e. The highest BCUT2D eigenvalue weighted by atomic mass is 31.2. The first-order valence-electron chi connectivity index (χ1n) is 13.5. The van der Waals surface area contributed by atoms with Crippen LogP contribution in [0.3, 0.4) is 0 Å². The van der Waals surface area contributed by atoms with E-state index in [1.165, 1.54) is 43.2 Å². The number of aliphatic hydroxyl groups excluding tert-OH is 1.